The molecule has 0 aromatic carbocycles. The molecule has 3 atom stereocenters. The number of phosphoric acid groups is 1. The highest BCUT2D eigenvalue weighted by molar-refractivity contribution is 7.47. The van der Waals surface area contributed by atoms with Gasteiger partial charge in [0.2, 0.25) is 0 Å². The number of hydrogen-bond acceptors (Lipinski definition) is 8. The van der Waals surface area contributed by atoms with Crippen LogP contribution in [0.3, 0.4) is 0 Å². The summed E-state index contributed by atoms with van der Waals surface area (Å²) in [6.45, 7) is 3.35. The van der Waals surface area contributed by atoms with Gasteiger partial charge in [0.05, 0.1) is 26.4 Å². The molecule has 10 heteroatoms. The van der Waals surface area contributed by atoms with E-state index in [1.807, 2.05) is 0 Å². The summed E-state index contributed by atoms with van der Waals surface area (Å²) in [5, 5.41) is 18.4. The topological polar surface area (TPSA) is 132 Å². The van der Waals surface area contributed by atoms with Gasteiger partial charge in [0.15, 0.2) is 0 Å². The zero-order valence-corrected chi connectivity index (χ0v) is 42.8. The van der Waals surface area contributed by atoms with Gasteiger partial charge in [-0.25, -0.2) is 4.57 Å². The minimum absolute atomic E-state index is 0.0320. The lowest BCUT2D eigenvalue weighted by molar-refractivity contribution is -0.154. The molecule has 0 radical (unpaired) electrons. The Balaban J connectivity index is 4.15. The predicted molar refractivity (Wildman–Crippen MR) is 278 cm³/mol. The molecular formula is C56H97O9P. The van der Waals surface area contributed by atoms with Crippen LogP contribution in [0, 0.1) is 0 Å². The molecule has 0 aromatic heterocycles. The fourth-order valence-electron chi connectivity index (χ4n) is 6.80. The van der Waals surface area contributed by atoms with Crippen LogP contribution in [0.15, 0.2) is 97.2 Å². The van der Waals surface area contributed by atoms with Crippen molar-refractivity contribution in [2.45, 2.75) is 219 Å². The molecule has 0 bridgehead atoms. The number of aliphatic hydroxyl groups excluding tert-OH is 2. The number of aliphatic hydroxyl groups is 2. The Bertz CT molecular complexity index is 1350. The second kappa shape index (κ2) is 51.8. The van der Waals surface area contributed by atoms with Gasteiger partial charge in [-0.3, -0.25) is 13.8 Å². The van der Waals surface area contributed by atoms with Crippen LogP contribution in [0.1, 0.15) is 206 Å². The van der Waals surface area contributed by atoms with Crippen molar-refractivity contribution in [3.8, 4) is 0 Å². The number of rotatable bonds is 49. The fourth-order valence-corrected chi connectivity index (χ4v) is 7.59. The molecule has 0 heterocycles. The highest BCUT2D eigenvalue weighted by Gasteiger charge is 2.26. The molecule has 66 heavy (non-hydrogen) atoms. The van der Waals surface area contributed by atoms with Crippen molar-refractivity contribution < 1.29 is 43.0 Å². The maximum absolute atomic E-state index is 12.7. The number of unbranched alkanes of at least 4 members (excludes halogenated alkanes) is 19. The monoisotopic (exact) mass is 945 g/mol. The molecule has 3 N–H and O–H groups in total. The van der Waals surface area contributed by atoms with Crippen LogP contribution in [-0.4, -0.2) is 66.3 Å². The van der Waals surface area contributed by atoms with Gasteiger partial charge >= 0.3 is 13.8 Å². The van der Waals surface area contributed by atoms with Crippen molar-refractivity contribution in [2.24, 2.45) is 0 Å². The van der Waals surface area contributed by atoms with Crippen LogP contribution in [0.5, 0.6) is 0 Å². The zero-order valence-electron chi connectivity index (χ0n) is 41.9. The summed E-state index contributed by atoms with van der Waals surface area (Å²) in [5.41, 5.74) is 0. The van der Waals surface area contributed by atoms with E-state index in [1.165, 1.54) is 70.6 Å². The summed E-state index contributed by atoms with van der Waals surface area (Å²) in [6, 6.07) is 0. The minimum atomic E-state index is -4.54. The SMILES string of the molecule is CC/C=C\C/C=C\C/C=C\C/C=C\C/C=C\CCCCCCCCCCOCC(COP(=O)(O)OCC(O)CO)OC(=O)CCCCCCCC/C=C\C/C=C\C/C=C\CCCCCCC. The summed E-state index contributed by atoms with van der Waals surface area (Å²) >= 11 is 0. The second-order valence-corrected chi connectivity index (χ2v) is 18.6. The van der Waals surface area contributed by atoms with Crippen LogP contribution in [-0.2, 0) is 27.9 Å². The Morgan fingerprint density at radius 1 is 0.485 bits per heavy atom. The number of carbonyl (C=O) groups excluding carboxylic acids is 1. The standard InChI is InChI=1S/C56H97O9P/c1-3-5-7-9-11-13-15-17-19-21-23-25-26-27-29-31-33-35-37-39-41-43-45-47-49-62-52-55(53-64-66(60,61)63-51-54(58)50-57)65-56(59)48-46-44-42-40-38-36-34-32-30-28-24-22-20-18-16-14-12-10-8-6-4-2/h5,7,11,13,16-19,22-25,27,29-30,32,54-55,57-58H,3-4,6,8-10,12,14-15,20-21,26,28,31,33-53H2,1-2H3,(H,60,61)/b7-5-,13-11-,18-16-,19-17-,24-22-,25-23-,29-27-,32-30-. The normalized spacial score (nSPS) is 14.6. The van der Waals surface area contributed by atoms with E-state index in [1.54, 1.807) is 0 Å². The van der Waals surface area contributed by atoms with Crippen molar-refractivity contribution >= 4 is 13.8 Å². The van der Waals surface area contributed by atoms with Crippen LogP contribution < -0.4 is 0 Å². The van der Waals surface area contributed by atoms with Gasteiger partial charge in [-0.2, -0.15) is 0 Å². The van der Waals surface area contributed by atoms with Gasteiger partial charge < -0.3 is 24.6 Å². The maximum atomic E-state index is 12.7. The van der Waals surface area contributed by atoms with Crippen molar-refractivity contribution in [2.75, 3.05) is 33.0 Å². The van der Waals surface area contributed by atoms with Crippen LogP contribution in [0.4, 0.5) is 0 Å². The molecule has 9 nitrogen and oxygen atoms in total. The maximum Gasteiger partial charge on any atom is 0.472 e. The first-order chi connectivity index (χ1) is 32.3. The molecule has 0 rings (SSSR count). The van der Waals surface area contributed by atoms with E-state index < -0.39 is 45.8 Å². The van der Waals surface area contributed by atoms with E-state index in [0.29, 0.717) is 13.0 Å². The van der Waals surface area contributed by atoms with Gasteiger partial charge in [0.25, 0.3) is 0 Å². The molecule has 380 valence electrons. The lowest BCUT2D eigenvalue weighted by Crippen LogP contribution is -2.29. The van der Waals surface area contributed by atoms with E-state index in [0.717, 1.165) is 109 Å². The van der Waals surface area contributed by atoms with E-state index in [4.69, 9.17) is 23.6 Å². The second-order valence-electron chi connectivity index (χ2n) is 17.2. The highest BCUT2D eigenvalue weighted by Crippen LogP contribution is 2.43. The van der Waals surface area contributed by atoms with Gasteiger partial charge in [0, 0.05) is 13.0 Å². The Morgan fingerprint density at radius 3 is 1.30 bits per heavy atom. The minimum Gasteiger partial charge on any atom is -0.457 e. The third kappa shape index (κ3) is 50.8. The van der Waals surface area contributed by atoms with E-state index in [9.17, 15) is 19.4 Å². The number of phosphoric ester groups is 1. The first-order valence-corrected chi connectivity index (χ1v) is 27.7. The van der Waals surface area contributed by atoms with Crippen molar-refractivity contribution in [1.82, 2.24) is 0 Å². The molecule has 0 saturated carbocycles. The van der Waals surface area contributed by atoms with Gasteiger partial charge in [-0.1, -0.05) is 201 Å². The average molecular weight is 945 g/mol. The van der Waals surface area contributed by atoms with Crippen molar-refractivity contribution in [1.29, 1.82) is 0 Å². The summed E-state index contributed by atoms with van der Waals surface area (Å²) < 4.78 is 33.5. The van der Waals surface area contributed by atoms with Crippen LogP contribution >= 0.6 is 7.82 Å². The molecule has 0 spiro atoms. The molecule has 0 aliphatic rings. The predicted octanol–water partition coefficient (Wildman–Crippen LogP) is 15.6. The van der Waals surface area contributed by atoms with Gasteiger partial charge in [0.1, 0.15) is 12.2 Å². The largest absolute Gasteiger partial charge is 0.472 e. The lowest BCUT2D eigenvalue weighted by Gasteiger charge is -2.20. The Kier molecular flexibility index (Phi) is 49.7. The van der Waals surface area contributed by atoms with Crippen molar-refractivity contribution in [3.63, 3.8) is 0 Å². The summed E-state index contributed by atoms with van der Waals surface area (Å²) in [7, 11) is -4.54. The number of esters is 1. The quantitative estimate of drug-likeness (QED) is 0.0236. The summed E-state index contributed by atoms with van der Waals surface area (Å²) in [5.74, 6) is -0.400. The molecule has 0 aliphatic heterocycles. The van der Waals surface area contributed by atoms with Gasteiger partial charge in [-0.15, -0.1) is 0 Å². The van der Waals surface area contributed by atoms with E-state index in [-0.39, 0.29) is 13.0 Å². The molecule has 0 aromatic rings. The average Bonchev–Trinajstić information content (AvgIpc) is 3.31. The van der Waals surface area contributed by atoms with E-state index >= 15 is 0 Å². The van der Waals surface area contributed by atoms with Crippen molar-refractivity contribution in [3.05, 3.63) is 97.2 Å². The first kappa shape index (κ1) is 63.4. The number of ether oxygens (including phenoxy) is 2. The smallest absolute Gasteiger partial charge is 0.457 e. The molecule has 0 aliphatic carbocycles. The van der Waals surface area contributed by atoms with Crippen LogP contribution in [0.25, 0.3) is 0 Å². The Hall–Kier alpha value is -2.62. The van der Waals surface area contributed by atoms with Crippen LogP contribution in [0.2, 0.25) is 0 Å². The summed E-state index contributed by atoms with van der Waals surface area (Å²) in [6.07, 6.45) is 66.5. The number of hydrogen-bond donors (Lipinski definition) is 3. The number of allylic oxidation sites excluding steroid dienone is 16. The Morgan fingerprint density at radius 2 is 0.864 bits per heavy atom. The molecule has 0 amide bonds. The van der Waals surface area contributed by atoms with Gasteiger partial charge in [-0.05, 0) is 96.3 Å². The number of carbonyl (C=O) groups is 1. The molecule has 0 saturated heterocycles. The first-order valence-electron chi connectivity index (χ1n) is 26.2. The highest BCUT2D eigenvalue weighted by atomic mass is 31.2. The fraction of sp³-hybridized carbons (Fsp3) is 0.696. The van der Waals surface area contributed by atoms with E-state index in [2.05, 4.69) is 111 Å². The third-order valence-corrected chi connectivity index (χ3v) is 11.7. The third-order valence-electron chi connectivity index (χ3n) is 10.8. The lowest BCUT2D eigenvalue weighted by atomic mass is 10.1. The molecule has 0 fully saturated rings. The Labute approximate surface area is 404 Å². The molecular weight excluding hydrogens is 848 g/mol. The zero-order chi connectivity index (χ0) is 48.1. The summed E-state index contributed by atoms with van der Waals surface area (Å²) in [4.78, 5) is 22.7. The molecule has 3 unspecified atom stereocenters.